The molecule has 6 nitrogen and oxygen atoms in total. The smallest absolute Gasteiger partial charge is 0.231 e. The number of aryl methyl sites for hydroxylation is 2. The summed E-state index contributed by atoms with van der Waals surface area (Å²) in [6.45, 7) is 6.73. The Morgan fingerprint density at radius 2 is 1.75 bits per heavy atom. The molecule has 2 unspecified atom stereocenters. The van der Waals surface area contributed by atoms with Gasteiger partial charge in [0, 0.05) is 35.0 Å². The molecule has 2 aromatic heterocycles. The Kier molecular flexibility index (Phi) is 5.64. The molecule has 36 heavy (non-hydrogen) atoms. The number of nitrogens with zero attached hydrogens (tertiary/aromatic N) is 3. The molecule has 2 aliphatic heterocycles. The molecule has 7 heteroatoms. The summed E-state index contributed by atoms with van der Waals surface area (Å²) in [7, 11) is 0. The van der Waals surface area contributed by atoms with Crippen molar-refractivity contribution in [2.24, 2.45) is 0 Å². The Bertz CT molecular complexity index is 1430. The van der Waals surface area contributed by atoms with Crippen LogP contribution in [-0.4, -0.2) is 21.5 Å². The number of thiocarbonyl (C=S) groups is 1. The largest absolute Gasteiger partial charge is 0.454 e. The maximum absolute atomic E-state index is 5.92. The summed E-state index contributed by atoms with van der Waals surface area (Å²) in [6.07, 6.45) is 2.84. The molecule has 0 spiro atoms. The Balaban J connectivity index is 1.48. The number of aromatic nitrogens is 2. The van der Waals surface area contributed by atoms with Crippen LogP contribution in [0.3, 0.4) is 0 Å². The summed E-state index contributed by atoms with van der Waals surface area (Å²) in [5, 5.41) is 4.28. The van der Waals surface area contributed by atoms with Gasteiger partial charge in [-0.15, -0.1) is 0 Å². The average molecular weight is 497 g/mol. The van der Waals surface area contributed by atoms with Crippen LogP contribution in [0.4, 0.5) is 5.69 Å². The number of hydrogen-bond donors (Lipinski definition) is 1. The first-order chi connectivity index (χ1) is 17.5. The first-order valence-electron chi connectivity index (χ1n) is 12.2. The number of ether oxygens (including phenoxy) is 2. The van der Waals surface area contributed by atoms with Crippen molar-refractivity contribution in [3.05, 3.63) is 101 Å². The highest BCUT2D eigenvalue weighted by atomic mass is 32.1. The third-order valence-corrected chi connectivity index (χ3v) is 7.44. The molecule has 0 radical (unpaired) electrons. The lowest BCUT2D eigenvalue weighted by atomic mass is 9.96. The predicted molar refractivity (Wildman–Crippen MR) is 145 cm³/mol. The summed E-state index contributed by atoms with van der Waals surface area (Å²) < 4.78 is 13.4. The van der Waals surface area contributed by atoms with Gasteiger partial charge in [0.25, 0.3) is 0 Å². The van der Waals surface area contributed by atoms with Gasteiger partial charge in [0.15, 0.2) is 16.6 Å². The lowest BCUT2D eigenvalue weighted by molar-refractivity contribution is 0.174. The maximum Gasteiger partial charge on any atom is 0.231 e. The molecule has 2 aromatic carbocycles. The van der Waals surface area contributed by atoms with Crippen molar-refractivity contribution in [3.8, 4) is 17.2 Å². The van der Waals surface area contributed by atoms with Gasteiger partial charge in [-0.05, 0) is 86.1 Å². The Morgan fingerprint density at radius 1 is 0.972 bits per heavy atom. The molecule has 0 saturated carbocycles. The van der Waals surface area contributed by atoms with Gasteiger partial charge in [0.1, 0.15) is 0 Å². The summed E-state index contributed by atoms with van der Waals surface area (Å²) >= 11 is 5.92. The molecule has 1 saturated heterocycles. The molecule has 6 rings (SSSR count). The van der Waals surface area contributed by atoms with E-state index in [1.54, 1.807) is 0 Å². The minimum atomic E-state index is -0.0877. The van der Waals surface area contributed by atoms with Gasteiger partial charge in [-0.3, -0.25) is 4.98 Å². The molecular formula is C29H28N4O2S. The number of nitrogens with one attached hydrogen (secondary N) is 1. The topological polar surface area (TPSA) is 51.6 Å². The minimum Gasteiger partial charge on any atom is -0.454 e. The molecule has 1 N–H and O–H groups in total. The molecule has 0 amide bonds. The van der Waals surface area contributed by atoms with E-state index in [0.717, 1.165) is 46.4 Å². The summed E-state index contributed by atoms with van der Waals surface area (Å²) in [5.41, 5.74) is 7.87. The Labute approximate surface area is 216 Å². The fourth-order valence-electron chi connectivity index (χ4n) is 5.35. The van der Waals surface area contributed by atoms with Crippen molar-refractivity contribution in [2.45, 2.75) is 39.3 Å². The molecule has 0 bridgehead atoms. The number of rotatable bonds is 5. The van der Waals surface area contributed by atoms with Gasteiger partial charge in [-0.25, -0.2) is 0 Å². The summed E-state index contributed by atoms with van der Waals surface area (Å²) in [6, 6.07) is 22.9. The van der Waals surface area contributed by atoms with Crippen LogP contribution in [0.5, 0.6) is 11.5 Å². The molecule has 182 valence electrons. The molecule has 4 heterocycles. The SMILES string of the molecule is CCc1ccc(N2C(=S)NC(c3ccccn3)C2c2cc(C)n(-c3ccc4c(c3)OCO4)c2C)cc1. The zero-order chi connectivity index (χ0) is 24.8. The summed E-state index contributed by atoms with van der Waals surface area (Å²) in [5.74, 6) is 1.55. The van der Waals surface area contributed by atoms with Crippen molar-refractivity contribution in [3.63, 3.8) is 0 Å². The van der Waals surface area contributed by atoms with E-state index in [-0.39, 0.29) is 18.9 Å². The average Bonchev–Trinajstić information content (AvgIpc) is 3.59. The van der Waals surface area contributed by atoms with Gasteiger partial charge >= 0.3 is 0 Å². The fourth-order valence-corrected chi connectivity index (χ4v) is 5.70. The lowest BCUT2D eigenvalue weighted by Gasteiger charge is -2.28. The van der Waals surface area contributed by atoms with Gasteiger partial charge in [0.2, 0.25) is 6.79 Å². The number of pyridine rings is 1. The Morgan fingerprint density at radius 3 is 2.50 bits per heavy atom. The van der Waals surface area contributed by atoms with Crippen molar-refractivity contribution >= 4 is 23.0 Å². The number of benzene rings is 2. The first kappa shape index (κ1) is 22.6. The van der Waals surface area contributed by atoms with E-state index in [0.29, 0.717) is 5.11 Å². The number of hydrogen-bond acceptors (Lipinski definition) is 4. The van der Waals surface area contributed by atoms with E-state index >= 15 is 0 Å². The van der Waals surface area contributed by atoms with Crippen molar-refractivity contribution in [1.82, 2.24) is 14.9 Å². The second-order valence-corrected chi connectivity index (χ2v) is 9.60. The van der Waals surface area contributed by atoms with Crippen molar-refractivity contribution < 1.29 is 9.47 Å². The quantitative estimate of drug-likeness (QED) is 0.344. The van der Waals surface area contributed by atoms with Crippen LogP contribution >= 0.6 is 12.2 Å². The van der Waals surface area contributed by atoms with Gasteiger partial charge in [-0.2, -0.15) is 0 Å². The van der Waals surface area contributed by atoms with Gasteiger partial charge in [-0.1, -0.05) is 25.1 Å². The highest BCUT2D eigenvalue weighted by molar-refractivity contribution is 7.80. The zero-order valence-corrected chi connectivity index (χ0v) is 21.4. The standard InChI is InChI=1S/C29H28N4O2S/c1-4-20-8-10-21(11-9-20)33-28(27(31-29(33)36)24-7-5-6-14-30-24)23-15-18(2)32(19(23)3)22-12-13-25-26(16-22)35-17-34-25/h5-16,27-28H,4,17H2,1-3H3,(H,31,36). The van der Waals surface area contributed by atoms with Crippen molar-refractivity contribution in [1.29, 1.82) is 0 Å². The molecule has 2 aliphatic rings. The normalized spacial score (nSPS) is 18.5. The van der Waals surface area contributed by atoms with Gasteiger partial charge < -0.3 is 24.3 Å². The minimum absolute atomic E-state index is 0.0613. The first-order valence-corrected chi connectivity index (χ1v) is 12.6. The highest BCUT2D eigenvalue weighted by Crippen LogP contribution is 2.44. The molecule has 4 aromatic rings. The van der Waals surface area contributed by atoms with Crippen molar-refractivity contribution in [2.75, 3.05) is 11.7 Å². The van der Waals surface area contributed by atoms with E-state index in [9.17, 15) is 0 Å². The lowest BCUT2D eigenvalue weighted by Crippen LogP contribution is -2.29. The van der Waals surface area contributed by atoms with E-state index in [1.807, 2.05) is 30.5 Å². The zero-order valence-electron chi connectivity index (χ0n) is 20.6. The third-order valence-electron chi connectivity index (χ3n) is 7.12. The summed E-state index contributed by atoms with van der Waals surface area (Å²) in [4.78, 5) is 6.93. The van der Waals surface area contributed by atoms with Crippen LogP contribution in [0, 0.1) is 13.8 Å². The van der Waals surface area contributed by atoms with E-state index in [2.05, 4.69) is 78.0 Å². The van der Waals surface area contributed by atoms with E-state index in [1.165, 1.54) is 11.1 Å². The number of fused-ring (bicyclic) bond motifs is 1. The Hall–Kier alpha value is -3.84. The van der Waals surface area contributed by atoms with Crippen LogP contribution in [0.2, 0.25) is 0 Å². The van der Waals surface area contributed by atoms with E-state index < -0.39 is 0 Å². The molecular weight excluding hydrogens is 468 g/mol. The van der Waals surface area contributed by atoms with Crippen LogP contribution in [0.1, 0.15) is 47.2 Å². The van der Waals surface area contributed by atoms with Crippen LogP contribution in [-0.2, 0) is 6.42 Å². The predicted octanol–water partition coefficient (Wildman–Crippen LogP) is 5.96. The fraction of sp³-hybridized carbons (Fsp3) is 0.241. The molecule has 2 atom stereocenters. The van der Waals surface area contributed by atoms with E-state index in [4.69, 9.17) is 26.7 Å². The monoisotopic (exact) mass is 496 g/mol. The highest BCUT2D eigenvalue weighted by Gasteiger charge is 2.42. The van der Waals surface area contributed by atoms with Gasteiger partial charge in [0.05, 0.1) is 17.8 Å². The maximum atomic E-state index is 5.92. The molecule has 1 fully saturated rings. The number of anilines is 1. The van der Waals surface area contributed by atoms with Crippen LogP contribution in [0.25, 0.3) is 5.69 Å². The van der Waals surface area contributed by atoms with Crippen LogP contribution in [0.15, 0.2) is 72.9 Å². The third kappa shape index (κ3) is 3.71. The van der Waals surface area contributed by atoms with Crippen LogP contribution < -0.4 is 19.7 Å². The second-order valence-electron chi connectivity index (χ2n) is 9.22. The molecule has 0 aliphatic carbocycles. The second kappa shape index (κ2) is 8.99.